The van der Waals surface area contributed by atoms with Gasteiger partial charge in [0.1, 0.15) is 0 Å². The van der Waals surface area contributed by atoms with E-state index in [2.05, 4.69) is 17.4 Å². The van der Waals surface area contributed by atoms with Gasteiger partial charge in [0.05, 0.1) is 6.04 Å². The fourth-order valence-corrected chi connectivity index (χ4v) is 3.37. The molecule has 2 aromatic rings. The molecule has 2 aliphatic rings. The first kappa shape index (κ1) is 16.8. The topological polar surface area (TPSA) is 50.8 Å². The minimum Gasteiger partial charge on any atom is -0.454 e. The highest BCUT2D eigenvalue weighted by Crippen LogP contribution is 2.41. The highest BCUT2D eigenvalue weighted by Gasteiger charge is 2.34. The molecule has 5 nitrogen and oxygen atoms in total. The van der Waals surface area contributed by atoms with Crippen LogP contribution in [0.3, 0.4) is 0 Å². The lowest BCUT2D eigenvalue weighted by Crippen LogP contribution is -2.41. The van der Waals surface area contributed by atoms with Crippen LogP contribution in [0.1, 0.15) is 36.9 Å². The van der Waals surface area contributed by atoms with Gasteiger partial charge in [0.15, 0.2) is 11.5 Å². The van der Waals surface area contributed by atoms with Gasteiger partial charge in [0.25, 0.3) is 0 Å². The number of carbonyl (C=O) groups is 1. The van der Waals surface area contributed by atoms with Crippen LogP contribution >= 0.6 is 0 Å². The molecule has 1 aliphatic heterocycles. The maximum absolute atomic E-state index is 12.9. The standard InChI is InChI=1S/C21H24N2O3/c1-2-23(13-15-8-11-18-19(12-15)26-14-25-18)21(24)22-20(17-9-10-17)16-6-4-3-5-7-16/h3-8,11-12,17,20H,2,9-10,13-14H2,1H3,(H,22,24). The Morgan fingerprint density at radius 3 is 2.65 bits per heavy atom. The van der Waals surface area contributed by atoms with Crippen LogP contribution in [-0.4, -0.2) is 24.3 Å². The summed E-state index contributed by atoms with van der Waals surface area (Å²) in [7, 11) is 0. The van der Waals surface area contributed by atoms with E-state index < -0.39 is 0 Å². The average Bonchev–Trinajstić information content (AvgIpc) is 3.41. The molecule has 1 fully saturated rings. The van der Waals surface area contributed by atoms with E-state index in [4.69, 9.17) is 9.47 Å². The van der Waals surface area contributed by atoms with Gasteiger partial charge in [-0.05, 0) is 48.9 Å². The maximum Gasteiger partial charge on any atom is 0.318 e. The number of nitrogens with zero attached hydrogens (tertiary/aromatic N) is 1. The number of hydrogen-bond donors (Lipinski definition) is 1. The molecule has 0 bridgehead atoms. The van der Waals surface area contributed by atoms with Gasteiger partial charge in [0.2, 0.25) is 6.79 Å². The van der Waals surface area contributed by atoms with E-state index in [0.717, 1.165) is 17.1 Å². The fourth-order valence-electron chi connectivity index (χ4n) is 3.37. The normalized spacial score (nSPS) is 16.2. The van der Waals surface area contributed by atoms with Crippen molar-refractivity contribution in [1.29, 1.82) is 0 Å². The van der Waals surface area contributed by atoms with Crippen LogP contribution in [0.15, 0.2) is 48.5 Å². The molecule has 4 rings (SSSR count). The largest absolute Gasteiger partial charge is 0.454 e. The molecule has 0 saturated heterocycles. The number of urea groups is 1. The Balaban J connectivity index is 1.45. The number of benzene rings is 2. The van der Waals surface area contributed by atoms with Crippen LogP contribution in [0.5, 0.6) is 11.5 Å². The average molecular weight is 352 g/mol. The van der Waals surface area contributed by atoms with E-state index in [1.165, 1.54) is 18.4 Å². The summed E-state index contributed by atoms with van der Waals surface area (Å²) in [6, 6.07) is 16.2. The lowest BCUT2D eigenvalue weighted by atomic mass is 10.0. The van der Waals surface area contributed by atoms with E-state index >= 15 is 0 Å². The van der Waals surface area contributed by atoms with Gasteiger partial charge in [-0.3, -0.25) is 0 Å². The Morgan fingerprint density at radius 2 is 1.92 bits per heavy atom. The van der Waals surface area contributed by atoms with E-state index in [-0.39, 0.29) is 18.9 Å². The number of ether oxygens (including phenoxy) is 2. The summed E-state index contributed by atoms with van der Waals surface area (Å²) < 4.78 is 10.8. The van der Waals surface area contributed by atoms with Gasteiger partial charge in [-0.25, -0.2) is 4.79 Å². The first-order valence-corrected chi connectivity index (χ1v) is 9.23. The molecule has 0 aromatic heterocycles. The summed E-state index contributed by atoms with van der Waals surface area (Å²) in [6.07, 6.45) is 2.35. The summed E-state index contributed by atoms with van der Waals surface area (Å²) in [6.45, 7) is 3.45. The molecule has 2 amide bonds. The highest BCUT2D eigenvalue weighted by molar-refractivity contribution is 5.75. The van der Waals surface area contributed by atoms with Crippen molar-refractivity contribution in [1.82, 2.24) is 10.2 Å². The van der Waals surface area contributed by atoms with E-state index in [9.17, 15) is 4.79 Å². The monoisotopic (exact) mass is 352 g/mol. The third kappa shape index (κ3) is 3.62. The summed E-state index contributed by atoms with van der Waals surface area (Å²) in [5, 5.41) is 3.25. The van der Waals surface area contributed by atoms with Crippen molar-refractivity contribution in [2.24, 2.45) is 5.92 Å². The van der Waals surface area contributed by atoms with Crippen LogP contribution < -0.4 is 14.8 Å². The first-order chi connectivity index (χ1) is 12.7. The fraction of sp³-hybridized carbons (Fsp3) is 0.381. The van der Waals surface area contributed by atoms with Gasteiger partial charge in [-0.1, -0.05) is 36.4 Å². The quantitative estimate of drug-likeness (QED) is 0.852. The van der Waals surface area contributed by atoms with Gasteiger partial charge in [-0.2, -0.15) is 0 Å². The Hall–Kier alpha value is -2.69. The molecule has 1 saturated carbocycles. The molecule has 1 heterocycles. The van der Waals surface area contributed by atoms with Crippen LogP contribution in [0.25, 0.3) is 0 Å². The van der Waals surface area contributed by atoms with Crippen LogP contribution in [0.2, 0.25) is 0 Å². The number of amides is 2. The van der Waals surface area contributed by atoms with Crippen molar-refractivity contribution in [3.63, 3.8) is 0 Å². The number of rotatable bonds is 6. The Morgan fingerprint density at radius 1 is 1.15 bits per heavy atom. The Labute approximate surface area is 153 Å². The zero-order valence-electron chi connectivity index (χ0n) is 15.0. The predicted octanol–water partition coefficient (Wildman–Crippen LogP) is 4.10. The third-order valence-corrected chi connectivity index (χ3v) is 5.01. The highest BCUT2D eigenvalue weighted by atomic mass is 16.7. The second-order valence-electron chi connectivity index (χ2n) is 6.88. The molecule has 5 heteroatoms. The second kappa shape index (κ2) is 7.28. The zero-order chi connectivity index (χ0) is 17.9. The first-order valence-electron chi connectivity index (χ1n) is 9.23. The van der Waals surface area contributed by atoms with Crippen molar-refractivity contribution in [2.75, 3.05) is 13.3 Å². The van der Waals surface area contributed by atoms with Crippen molar-refractivity contribution in [3.8, 4) is 11.5 Å². The zero-order valence-corrected chi connectivity index (χ0v) is 15.0. The third-order valence-electron chi connectivity index (χ3n) is 5.01. The SMILES string of the molecule is CCN(Cc1ccc2c(c1)OCO2)C(=O)NC(c1ccccc1)C1CC1. The molecule has 1 atom stereocenters. The van der Waals surface area contributed by atoms with E-state index in [0.29, 0.717) is 19.0 Å². The van der Waals surface area contributed by atoms with Crippen LogP contribution in [0, 0.1) is 5.92 Å². The van der Waals surface area contributed by atoms with E-state index in [1.54, 1.807) is 0 Å². The molecule has 1 aliphatic carbocycles. The number of hydrogen-bond acceptors (Lipinski definition) is 3. The molecule has 136 valence electrons. The minimum atomic E-state index is -0.0223. The molecule has 2 aromatic carbocycles. The summed E-state index contributed by atoms with van der Waals surface area (Å²) in [5.74, 6) is 2.06. The van der Waals surface area contributed by atoms with Gasteiger partial charge >= 0.3 is 6.03 Å². The Bertz CT molecular complexity index is 774. The lowest BCUT2D eigenvalue weighted by Gasteiger charge is -2.26. The van der Waals surface area contributed by atoms with Gasteiger partial charge < -0.3 is 19.7 Å². The summed E-state index contributed by atoms with van der Waals surface area (Å²) in [5.41, 5.74) is 2.22. The molecule has 0 spiro atoms. The smallest absolute Gasteiger partial charge is 0.318 e. The molecule has 1 unspecified atom stereocenters. The van der Waals surface area contributed by atoms with Crippen LogP contribution in [0.4, 0.5) is 4.79 Å². The molecular weight excluding hydrogens is 328 g/mol. The van der Waals surface area contributed by atoms with Crippen molar-refractivity contribution >= 4 is 6.03 Å². The summed E-state index contributed by atoms with van der Waals surface area (Å²) in [4.78, 5) is 14.7. The van der Waals surface area contributed by atoms with Crippen molar-refractivity contribution in [3.05, 3.63) is 59.7 Å². The van der Waals surface area contributed by atoms with E-state index in [1.807, 2.05) is 48.2 Å². The van der Waals surface area contributed by atoms with Gasteiger partial charge in [0, 0.05) is 13.1 Å². The van der Waals surface area contributed by atoms with Gasteiger partial charge in [-0.15, -0.1) is 0 Å². The van der Waals surface area contributed by atoms with Crippen molar-refractivity contribution in [2.45, 2.75) is 32.4 Å². The maximum atomic E-state index is 12.9. The summed E-state index contributed by atoms with van der Waals surface area (Å²) >= 11 is 0. The second-order valence-corrected chi connectivity index (χ2v) is 6.88. The molecule has 0 radical (unpaired) electrons. The lowest BCUT2D eigenvalue weighted by molar-refractivity contribution is 0.173. The molecule has 1 N–H and O–H groups in total. The predicted molar refractivity (Wildman–Crippen MR) is 99.1 cm³/mol. The van der Waals surface area contributed by atoms with Crippen LogP contribution in [-0.2, 0) is 6.54 Å². The molecule has 26 heavy (non-hydrogen) atoms. The Kier molecular flexibility index (Phi) is 4.69. The van der Waals surface area contributed by atoms with Crippen molar-refractivity contribution < 1.29 is 14.3 Å². The number of nitrogens with one attached hydrogen (secondary N) is 1. The minimum absolute atomic E-state index is 0.0223. The number of carbonyl (C=O) groups excluding carboxylic acids is 1. The molecular formula is C21H24N2O3. The number of fused-ring (bicyclic) bond motifs is 1.